The summed E-state index contributed by atoms with van der Waals surface area (Å²) in [6.45, 7) is 3.70. The van der Waals surface area contributed by atoms with Gasteiger partial charge >= 0.3 is 11.9 Å². The highest BCUT2D eigenvalue weighted by Crippen LogP contribution is 2.10. The molecule has 0 aliphatic carbocycles. The highest BCUT2D eigenvalue weighted by molar-refractivity contribution is 9.25. The molecular formula is C15H18Br4NO4+. The molecular weight excluding hydrogens is 578 g/mol. The van der Waals surface area contributed by atoms with Crippen LogP contribution in [0.1, 0.15) is 5.56 Å². The summed E-state index contributed by atoms with van der Waals surface area (Å²) in [5.41, 5.74) is 2.20. The lowest BCUT2D eigenvalue weighted by Gasteiger charge is -2.19. The summed E-state index contributed by atoms with van der Waals surface area (Å²) in [4.78, 5) is 24.0. The number of halogens is 4. The van der Waals surface area contributed by atoms with Crippen LogP contribution in [0.25, 0.3) is 0 Å². The van der Waals surface area contributed by atoms with E-state index < -0.39 is 7.47 Å². The van der Waals surface area contributed by atoms with E-state index in [0.29, 0.717) is 13.1 Å². The number of hydrogen-bond acceptors (Lipinski definition) is 4. The van der Waals surface area contributed by atoms with Crippen LogP contribution in [-0.4, -0.2) is 45.7 Å². The van der Waals surface area contributed by atoms with Gasteiger partial charge in [-0.05, 0) is 18.6 Å². The predicted molar refractivity (Wildman–Crippen MR) is 107 cm³/mol. The second-order valence-corrected chi connectivity index (χ2v) is 11.0. The molecule has 0 atom stereocenters. The molecule has 0 heterocycles. The molecule has 0 aliphatic rings. The van der Waals surface area contributed by atoms with Crippen LogP contribution in [-0.2, 0) is 19.1 Å². The normalized spacial score (nSPS) is 11.2. The summed E-state index contributed by atoms with van der Waals surface area (Å²) >= 11 is 12.4. The molecule has 0 aliphatic heterocycles. The van der Waals surface area contributed by atoms with Gasteiger partial charge in [-0.1, -0.05) is 75.9 Å². The molecule has 5 nitrogen and oxygen atoms in total. The Kier molecular flexibility index (Phi) is 10.7. The van der Waals surface area contributed by atoms with Crippen molar-refractivity contribution in [3.63, 3.8) is 0 Å². The fourth-order valence-corrected chi connectivity index (χ4v) is 2.48. The standard InChI is InChI=1S/C15H17Br4NO4/c1-10-3-2-4-11(9-10)20(5-7-23-14(21)12(16)17)6-8-24-15(22)13(18)19/h2-4,9,12-13H,5-8H2,1H3/p+1. The SMILES string of the molecule is Cc1cccc([NH+](CCOC(=O)C(Br)Br)CCOC(=O)C(Br)Br)c1. The van der Waals surface area contributed by atoms with Gasteiger partial charge in [0.25, 0.3) is 0 Å². The lowest BCUT2D eigenvalue weighted by Crippen LogP contribution is -3.08. The molecule has 0 unspecified atom stereocenters. The van der Waals surface area contributed by atoms with E-state index in [9.17, 15) is 9.59 Å². The van der Waals surface area contributed by atoms with Crippen LogP contribution in [0, 0.1) is 6.92 Å². The zero-order valence-corrected chi connectivity index (χ0v) is 19.3. The number of hydrogen-bond donors (Lipinski definition) is 1. The molecule has 1 N–H and O–H groups in total. The molecule has 0 fully saturated rings. The number of rotatable bonds is 9. The second kappa shape index (κ2) is 11.6. The van der Waals surface area contributed by atoms with Crippen molar-refractivity contribution in [3.8, 4) is 0 Å². The number of carbonyl (C=O) groups is 2. The van der Waals surface area contributed by atoms with Gasteiger partial charge in [-0.2, -0.15) is 0 Å². The summed E-state index contributed by atoms with van der Waals surface area (Å²) < 4.78 is 9.33. The molecule has 1 aromatic carbocycles. The van der Waals surface area contributed by atoms with Crippen molar-refractivity contribution in [2.45, 2.75) is 14.4 Å². The lowest BCUT2D eigenvalue weighted by molar-refractivity contribution is -0.833. The van der Waals surface area contributed by atoms with Gasteiger partial charge in [-0.15, -0.1) is 0 Å². The Morgan fingerprint density at radius 3 is 1.92 bits per heavy atom. The number of carbonyl (C=O) groups excluding carboxylic acids is 2. The van der Waals surface area contributed by atoms with E-state index in [0.717, 1.165) is 16.2 Å². The first-order valence-corrected chi connectivity index (χ1v) is 10.8. The van der Waals surface area contributed by atoms with E-state index in [1.54, 1.807) is 0 Å². The van der Waals surface area contributed by atoms with Crippen molar-refractivity contribution < 1.29 is 24.0 Å². The van der Waals surface area contributed by atoms with Gasteiger partial charge in [0.1, 0.15) is 32.0 Å². The van der Waals surface area contributed by atoms with Gasteiger partial charge in [0.2, 0.25) is 0 Å². The quantitative estimate of drug-likeness (QED) is 0.353. The summed E-state index contributed by atoms with van der Waals surface area (Å²) in [7, 11) is 0. The van der Waals surface area contributed by atoms with Crippen molar-refractivity contribution >= 4 is 81.3 Å². The maximum atomic E-state index is 11.5. The fraction of sp³-hybridized carbons (Fsp3) is 0.467. The smallest absolute Gasteiger partial charge is 0.330 e. The number of esters is 2. The van der Waals surface area contributed by atoms with E-state index >= 15 is 0 Å². The van der Waals surface area contributed by atoms with E-state index in [-0.39, 0.29) is 25.2 Å². The molecule has 0 aromatic heterocycles. The third-order valence-corrected chi connectivity index (χ3v) is 4.57. The van der Waals surface area contributed by atoms with Crippen molar-refractivity contribution in [1.29, 1.82) is 0 Å². The molecule has 0 spiro atoms. The molecule has 0 saturated carbocycles. The van der Waals surface area contributed by atoms with E-state index in [1.165, 1.54) is 0 Å². The average molecular weight is 596 g/mol. The zero-order valence-electron chi connectivity index (χ0n) is 12.9. The Morgan fingerprint density at radius 2 is 1.50 bits per heavy atom. The molecule has 0 radical (unpaired) electrons. The van der Waals surface area contributed by atoms with Gasteiger partial charge in [0.05, 0.1) is 0 Å². The van der Waals surface area contributed by atoms with Crippen LogP contribution >= 0.6 is 63.7 Å². The van der Waals surface area contributed by atoms with Crippen LogP contribution in [0.5, 0.6) is 0 Å². The Bertz CT molecular complexity index is 528. The average Bonchev–Trinajstić information content (AvgIpc) is 2.52. The second-order valence-electron chi connectivity index (χ2n) is 4.91. The molecule has 0 saturated heterocycles. The highest BCUT2D eigenvalue weighted by atomic mass is 79.9. The van der Waals surface area contributed by atoms with Gasteiger partial charge in [0.15, 0.2) is 7.47 Å². The van der Waals surface area contributed by atoms with Crippen molar-refractivity contribution in [3.05, 3.63) is 29.8 Å². The topological polar surface area (TPSA) is 57.0 Å². The number of aryl methyl sites for hydroxylation is 1. The minimum absolute atomic E-state index is 0.267. The molecule has 24 heavy (non-hydrogen) atoms. The van der Waals surface area contributed by atoms with Crippen molar-refractivity contribution in [2.24, 2.45) is 0 Å². The van der Waals surface area contributed by atoms with Crippen molar-refractivity contribution in [2.75, 3.05) is 26.3 Å². The van der Waals surface area contributed by atoms with Gasteiger partial charge in [-0.3, -0.25) is 4.90 Å². The largest absolute Gasteiger partial charge is 0.458 e. The maximum Gasteiger partial charge on any atom is 0.330 e. The summed E-state index contributed by atoms with van der Waals surface area (Å²) in [5.74, 6) is -0.738. The monoisotopic (exact) mass is 592 g/mol. The van der Waals surface area contributed by atoms with Crippen LogP contribution < -0.4 is 4.90 Å². The third kappa shape index (κ3) is 8.42. The third-order valence-electron chi connectivity index (χ3n) is 3.08. The lowest BCUT2D eigenvalue weighted by atomic mass is 10.2. The molecule has 1 rings (SSSR count). The van der Waals surface area contributed by atoms with E-state index in [2.05, 4.69) is 69.8 Å². The minimum Gasteiger partial charge on any atom is -0.458 e. The molecule has 1 aromatic rings. The number of alkyl halides is 4. The maximum absolute atomic E-state index is 11.5. The number of quaternary nitrogens is 1. The van der Waals surface area contributed by atoms with Gasteiger partial charge in [0, 0.05) is 6.07 Å². The van der Waals surface area contributed by atoms with E-state index in [4.69, 9.17) is 9.47 Å². The van der Waals surface area contributed by atoms with Gasteiger partial charge < -0.3 is 9.47 Å². The van der Waals surface area contributed by atoms with Crippen molar-refractivity contribution in [1.82, 2.24) is 0 Å². The number of ether oxygens (including phenoxy) is 2. The van der Waals surface area contributed by atoms with Crippen LogP contribution in [0.4, 0.5) is 5.69 Å². The zero-order chi connectivity index (χ0) is 18.1. The highest BCUT2D eigenvalue weighted by Gasteiger charge is 2.18. The molecule has 9 heteroatoms. The molecule has 0 amide bonds. The summed E-state index contributed by atoms with van der Waals surface area (Å²) in [6.07, 6.45) is 0. The Balaban J connectivity index is 2.62. The first-order chi connectivity index (χ1) is 11.3. The Morgan fingerprint density at radius 1 is 1.00 bits per heavy atom. The van der Waals surface area contributed by atoms with Crippen LogP contribution in [0.2, 0.25) is 0 Å². The Hall–Kier alpha value is 0.0400. The predicted octanol–water partition coefficient (Wildman–Crippen LogP) is 2.83. The molecule has 134 valence electrons. The van der Waals surface area contributed by atoms with E-state index in [1.807, 2.05) is 25.1 Å². The van der Waals surface area contributed by atoms with Crippen LogP contribution in [0.15, 0.2) is 24.3 Å². The fourth-order valence-electron chi connectivity index (χ4n) is 1.95. The summed E-state index contributed by atoms with van der Waals surface area (Å²) in [6, 6.07) is 8.06. The number of nitrogens with one attached hydrogen (secondary N) is 1. The minimum atomic E-state index is -0.511. The number of benzene rings is 1. The Labute approximate surface area is 174 Å². The first-order valence-electron chi connectivity index (χ1n) is 7.12. The first kappa shape index (κ1) is 22.1. The summed E-state index contributed by atoms with van der Waals surface area (Å²) in [5, 5.41) is 0. The molecule has 0 bridgehead atoms. The van der Waals surface area contributed by atoms with Gasteiger partial charge in [-0.25, -0.2) is 9.59 Å². The van der Waals surface area contributed by atoms with Crippen LogP contribution in [0.3, 0.4) is 0 Å².